The van der Waals surface area contributed by atoms with Gasteiger partial charge in [-0.1, -0.05) is 46.0 Å². The molecule has 0 saturated carbocycles. The minimum Gasteiger partial charge on any atom is -0.528 e. The minimum absolute atomic E-state index is 0.0125. The monoisotopic (exact) mass is 244 g/mol. The first-order valence-electron chi connectivity index (χ1n) is 6.59. The Bertz CT molecular complexity index is 202. The molecule has 0 saturated heterocycles. The van der Waals surface area contributed by atoms with E-state index in [1.807, 2.05) is 13.8 Å². The lowest BCUT2D eigenvalue weighted by atomic mass is 9.74. The van der Waals surface area contributed by atoms with Gasteiger partial charge in [-0.05, 0) is 26.2 Å². The molecule has 0 N–H and O–H groups in total. The first-order chi connectivity index (χ1) is 7.50. The van der Waals surface area contributed by atoms with Crippen molar-refractivity contribution in [3.63, 3.8) is 0 Å². The van der Waals surface area contributed by atoms with Crippen molar-refractivity contribution in [2.45, 2.75) is 66.2 Å². The second kappa shape index (κ2) is 7.88. The molecule has 96 valence electrons. The molecule has 0 aliphatic heterocycles. The molecule has 16 heavy (non-hydrogen) atoms. The topological polar surface area (TPSA) is 26.3 Å². The summed E-state index contributed by atoms with van der Waals surface area (Å²) in [6.07, 6.45) is 7.32. The molecule has 1 atom stereocenters. The Morgan fingerprint density at radius 3 is 2.31 bits per heavy atom. The van der Waals surface area contributed by atoms with Crippen molar-refractivity contribution in [1.82, 2.24) is 0 Å². The van der Waals surface area contributed by atoms with Gasteiger partial charge in [0, 0.05) is 0 Å². The van der Waals surface area contributed by atoms with Gasteiger partial charge < -0.3 is 4.43 Å². The number of unbranched alkanes of at least 4 members (excludes halogenated alkanes) is 3. The average molecular weight is 244 g/mol. The highest BCUT2D eigenvalue weighted by Crippen LogP contribution is 2.34. The van der Waals surface area contributed by atoms with Crippen LogP contribution in [0, 0.1) is 11.3 Å². The number of carbonyl (C=O) groups is 1. The van der Waals surface area contributed by atoms with Gasteiger partial charge in [0.15, 0.2) is 0 Å². The van der Waals surface area contributed by atoms with Gasteiger partial charge >= 0.3 is 0 Å². The Morgan fingerprint density at radius 1 is 1.25 bits per heavy atom. The van der Waals surface area contributed by atoms with Crippen molar-refractivity contribution in [3.8, 4) is 0 Å². The minimum atomic E-state index is -0.303. The highest BCUT2D eigenvalue weighted by molar-refractivity contribution is 6.06. The molecule has 0 aliphatic rings. The molecule has 3 heteroatoms. The van der Waals surface area contributed by atoms with Crippen LogP contribution in [0.3, 0.4) is 0 Å². The van der Waals surface area contributed by atoms with E-state index in [0.717, 1.165) is 12.8 Å². The van der Waals surface area contributed by atoms with E-state index >= 15 is 0 Å². The summed E-state index contributed by atoms with van der Waals surface area (Å²) in [4.78, 5) is 11.7. The second-order valence-electron chi connectivity index (χ2n) is 5.17. The van der Waals surface area contributed by atoms with E-state index < -0.39 is 0 Å². The van der Waals surface area contributed by atoms with Gasteiger partial charge in [-0.15, -0.1) is 0 Å². The first kappa shape index (κ1) is 15.7. The Hall–Kier alpha value is -0.313. The zero-order chi connectivity index (χ0) is 12.6. The summed E-state index contributed by atoms with van der Waals surface area (Å²) >= 11 is 0. The highest BCUT2D eigenvalue weighted by Gasteiger charge is 2.35. The van der Waals surface area contributed by atoms with Crippen LogP contribution in [-0.4, -0.2) is 16.5 Å². The van der Waals surface area contributed by atoms with Crippen molar-refractivity contribution in [1.29, 1.82) is 0 Å². The van der Waals surface area contributed by atoms with Gasteiger partial charge in [-0.2, -0.15) is 0 Å². The smallest absolute Gasteiger partial charge is 0.297 e. The average Bonchev–Trinajstić information content (AvgIpc) is 2.27. The second-order valence-corrected chi connectivity index (χ2v) is 5.58. The van der Waals surface area contributed by atoms with Crippen LogP contribution >= 0.6 is 0 Å². The predicted molar refractivity (Wildman–Crippen MR) is 72.4 cm³/mol. The summed E-state index contributed by atoms with van der Waals surface area (Å²) < 4.78 is 5.03. The Kier molecular flexibility index (Phi) is 7.72. The van der Waals surface area contributed by atoms with Gasteiger partial charge in [0.25, 0.3) is 5.97 Å². The molecule has 0 aliphatic carbocycles. The predicted octanol–water partition coefficient (Wildman–Crippen LogP) is 2.83. The lowest BCUT2D eigenvalue weighted by Crippen LogP contribution is -2.34. The highest BCUT2D eigenvalue weighted by atomic mass is 28.2. The molecule has 0 fully saturated rings. The summed E-state index contributed by atoms with van der Waals surface area (Å²) in [6, 6.07) is 0. The van der Waals surface area contributed by atoms with Crippen LogP contribution in [-0.2, 0) is 9.22 Å². The summed E-state index contributed by atoms with van der Waals surface area (Å²) in [5.74, 6) is 0.451. The number of hydrogen-bond acceptors (Lipinski definition) is 2. The first-order valence-corrected chi connectivity index (χ1v) is 7.40. The standard InChI is InChI=1S/C13H28O2Si/c1-5-7-8-9-10-11(6-2)13(3,4)12(14)15-16/h11H,5-10H2,1-4,16H3. The Morgan fingerprint density at radius 2 is 1.88 bits per heavy atom. The molecule has 0 spiro atoms. The summed E-state index contributed by atoms with van der Waals surface area (Å²) in [6.45, 7) is 8.45. The van der Waals surface area contributed by atoms with E-state index in [9.17, 15) is 4.79 Å². The zero-order valence-corrected chi connectivity index (χ0v) is 13.6. The molecule has 0 aromatic carbocycles. The van der Waals surface area contributed by atoms with Crippen LogP contribution in [0.1, 0.15) is 66.2 Å². The van der Waals surface area contributed by atoms with Crippen LogP contribution in [0.25, 0.3) is 0 Å². The van der Waals surface area contributed by atoms with E-state index in [0.29, 0.717) is 16.4 Å². The molecule has 0 amide bonds. The van der Waals surface area contributed by atoms with Crippen molar-refractivity contribution in [2.75, 3.05) is 0 Å². The normalized spacial score (nSPS) is 13.8. The van der Waals surface area contributed by atoms with E-state index in [1.54, 1.807) is 0 Å². The molecule has 0 heterocycles. The van der Waals surface area contributed by atoms with Gasteiger partial charge in [-0.25, -0.2) is 0 Å². The van der Waals surface area contributed by atoms with Crippen LogP contribution in [0.4, 0.5) is 0 Å². The van der Waals surface area contributed by atoms with Gasteiger partial charge in [0.05, 0.1) is 5.41 Å². The maximum atomic E-state index is 11.7. The molecule has 0 aromatic heterocycles. The van der Waals surface area contributed by atoms with Gasteiger partial charge in [0.2, 0.25) is 10.5 Å². The Labute approximate surface area is 104 Å². The molecule has 0 aromatic rings. The summed E-state index contributed by atoms with van der Waals surface area (Å²) in [5, 5.41) is 0. The number of hydrogen-bond donors (Lipinski definition) is 0. The lowest BCUT2D eigenvalue weighted by molar-refractivity contribution is -0.147. The molecule has 0 rings (SSSR count). The van der Waals surface area contributed by atoms with Crippen LogP contribution in [0.2, 0.25) is 0 Å². The molecule has 1 unspecified atom stereocenters. The van der Waals surface area contributed by atoms with Gasteiger partial charge in [0.1, 0.15) is 0 Å². The molecule has 0 bridgehead atoms. The van der Waals surface area contributed by atoms with Crippen molar-refractivity contribution < 1.29 is 9.22 Å². The van der Waals surface area contributed by atoms with Crippen molar-refractivity contribution in [2.24, 2.45) is 11.3 Å². The van der Waals surface area contributed by atoms with E-state index in [2.05, 4.69) is 13.8 Å². The molecule has 0 radical (unpaired) electrons. The van der Waals surface area contributed by atoms with E-state index in [-0.39, 0.29) is 11.4 Å². The summed E-state index contributed by atoms with van der Waals surface area (Å²) in [5.41, 5.74) is -0.303. The third-order valence-electron chi connectivity index (χ3n) is 3.63. The molecular weight excluding hydrogens is 216 g/mol. The lowest BCUT2D eigenvalue weighted by Gasteiger charge is -2.31. The Balaban J connectivity index is 4.20. The quantitative estimate of drug-likeness (QED) is 0.485. The van der Waals surface area contributed by atoms with Crippen molar-refractivity contribution in [3.05, 3.63) is 0 Å². The number of carbonyl (C=O) groups excluding carboxylic acids is 1. The SMILES string of the molecule is CCCCCCC(CC)C(C)(C)C(=O)O[SiH3]. The molecule has 2 nitrogen and oxygen atoms in total. The fourth-order valence-electron chi connectivity index (χ4n) is 2.32. The maximum Gasteiger partial charge on any atom is 0.297 e. The van der Waals surface area contributed by atoms with E-state index in [4.69, 9.17) is 4.43 Å². The maximum absolute atomic E-state index is 11.7. The largest absolute Gasteiger partial charge is 0.528 e. The molecular formula is C13H28O2Si. The van der Waals surface area contributed by atoms with Crippen LogP contribution in [0.15, 0.2) is 0 Å². The van der Waals surface area contributed by atoms with Crippen molar-refractivity contribution >= 4 is 16.5 Å². The summed E-state index contributed by atoms with van der Waals surface area (Å²) in [7, 11) is 0.509. The van der Waals surface area contributed by atoms with E-state index in [1.165, 1.54) is 25.7 Å². The fraction of sp³-hybridized carbons (Fsp3) is 0.923. The third-order valence-corrected chi connectivity index (χ3v) is 4.00. The van der Waals surface area contributed by atoms with Crippen LogP contribution in [0.5, 0.6) is 0 Å². The van der Waals surface area contributed by atoms with Gasteiger partial charge in [-0.3, -0.25) is 4.79 Å². The zero-order valence-electron chi connectivity index (χ0n) is 11.6. The fourth-order valence-corrected chi connectivity index (χ4v) is 2.85. The van der Waals surface area contributed by atoms with Crippen LogP contribution < -0.4 is 0 Å². The third kappa shape index (κ3) is 4.68. The number of rotatable bonds is 8.